The summed E-state index contributed by atoms with van der Waals surface area (Å²) in [6.45, 7) is -0.126. The first-order valence-corrected chi connectivity index (χ1v) is 12.1. The van der Waals surface area contributed by atoms with E-state index in [9.17, 15) is 22.8 Å². The van der Waals surface area contributed by atoms with Gasteiger partial charge in [0.1, 0.15) is 29.9 Å². The average Bonchev–Trinajstić information content (AvgIpc) is 3.22. The van der Waals surface area contributed by atoms with Crippen LogP contribution in [0.2, 0.25) is 0 Å². The van der Waals surface area contributed by atoms with Crippen molar-refractivity contribution in [2.75, 3.05) is 18.9 Å². The van der Waals surface area contributed by atoms with Crippen LogP contribution in [0.15, 0.2) is 34.8 Å². The molecule has 1 aliphatic rings. The standard InChI is InChI=1S/C18H20N8O8S2/c19-14(20)8-1-3-9(4-2-8)33-5-6-34-25-11(10-7-35-18(22)23-10)16(28)24-12-13(15(21)27)26(17(12)29)36(30,31)32/h1-4,7,12-13H,5-6H2,(H3,19,20)(H2,21,27)(H2,22,23)(H,24,28)(H,30,31,32)/b25-11-/t12-,13-/m0/s1. The Hall–Kier alpha value is -4.29. The number of nitrogens with one attached hydrogen (secondary N) is 2. The number of thiazole rings is 1. The van der Waals surface area contributed by atoms with Crippen LogP contribution in [0.4, 0.5) is 5.13 Å². The minimum atomic E-state index is -5.08. The number of hydrogen-bond acceptors (Lipinski definition) is 12. The van der Waals surface area contributed by atoms with Crippen LogP contribution in [0.5, 0.6) is 5.75 Å². The van der Waals surface area contributed by atoms with Crippen LogP contribution >= 0.6 is 11.3 Å². The van der Waals surface area contributed by atoms with Gasteiger partial charge in [0.15, 0.2) is 23.5 Å². The van der Waals surface area contributed by atoms with Gasteiger partial charge in [0.05, 0.1) is 0 Å². The van der Waals surface area contributed by atoms with Crippen molar-refractivity contribution in [2.45, 2.75) is 12.1 Å². The number of amides is 3. The Bertz CT molecular complexity index is 1320. The van der Waals surface area contributed by atoms with Gasteiger partial charge in [-0.05, 0) is 24.3 Å². The second-order valence-electron chi connectivity index (χ2n) is 7.04. The number of benzene rings is 1. The molecule has 192 valence electrons. The molecule has 0 bridgehead atoms. The number of β-lactam (4-membered cyclic amide) rings is 1. The van der Waals surface area contributed by atoms with E-state index in [4.69, 9.17) is 36.7 Å². The fourth-order valence-corrected chi connectivity index (χ4v) is 4.39. The smallest absolute Gasteiger partial charge is 0.363 e. The first-order chi connectivity index (χ1) is 16.9. The quantitative estimate of drug-likeness (QED) is 0.0444. The van der Waals surface area contributed by atoms with E-state index in [1.807, 2.05) is 0 Å². The first-order valence-electron chi connectivity index (χ1n) is 9.79. The number of nitrogens with zero attached hydrogens (tertiary/aromatic N) is 3. The third kappa shape index (κ3) is 5.85. The van der Waals surface area contributed by atoms with Crippen molar-refractivity contribution < 1.29 is 36.9 Å². The number of carbonyl (C=O) groups is 3. The summed E-state index contributed by atoms with van der Waals surface area (Å²) < 4.78 is 37.1. The van der Waals surface area contributed by atoms with Crippen molar-refractivity contribution in [2.24, 2.45) is 16.6 Å². The van der Waals surface area contributed by atoms with E-state index in [2.05, 4.69) is 15.5 Å². The largest absolute Gasteiger partial charge is 0.490 e. The van der Waals surface area contributed by atoms with Gasteiger partial charge >= 0.3 is 10.3 Å². The van der Waals surface area contributed by atoms with Gasteiger partial charge < -0.3 is 32.1 Å². The maximum absolute atomic E-state index is 12.8. The highest BCUT2D eigenvalue weighted by Gasteiger charge is 2.57. The number of nitrogen functional groups attached to an aromatic ring is 2. The number of aromatic nitrogens is 1. The lowest BCUT2D eigenvalue weighted by Gasteiger charge is -2.41. The number of carbonyl (C=O) groups excluding carboxylic acids is 3. The van der Waals surface area contributed by atoms with Gasteiger partial charge in [-0.15, -0.1) is 11.3 Å². The molecule has 2 heterocycles. The Morgan fingerprint density at radius 1 is 1.25 bits per heavy atom. The van der Waals surface area contributed by atoms with Gasteiger partial charge in [0.25, 0.3) is 11.8 Å². The number of primary amides is 1. The summed E-state index contributed by atoms with van der Waals surface area (Å²) >= 11 is 0.983. The van der Waals surface area contributed by atoms with Crippen LogP contribution in [0.25, 0.3) is 0 Å². The summed E-state index contributed by atoms with van der Waals surface area (Å²) in [7, 11) is -5.08. The van der Waals surface area contributed by atoms with E-state index in [0.29, 0.717) is 11.3 Å². The molecule has 0 radical (unpaired) electrons. The second kappa shape index (κ2) is 10.5. The number of oxime groups is 1. The van der Waals surface area contributed by atoms with Crippen LogP contribution in [0.1, 0.15) is 11.3 Å². The zero-order valence-electron chi connectivity index (χ0n) is 18.2. The fraction of sp³-hybridized carbons (Fsp3) is 0.222. The molecule has 9 N–H and O–H groups in total. The van der Waals surface area contributed by atoms with E-state index in [1.54, 1.807) is 24.3 Å². The summed E-state index contributed by atoms with van der Waals surface area (Å²) in [4.78, 5) is 45.6. The summed E-state index contributed by atoms with van der Waals surface area (Å²) in [5.41, 5.74) is 16.2. The van der Waals surface area contributed by atoms with Gasteiger partial charge in [0, 0.05) is 10.9 Å². The Morgan fingerprint density at radius 3 is 2.44 bits per heavy atom. The molecular formula is C18H20N8O8S2. The molecule has 2 atom stereocenters. The average molecular weight is 541 g/mol. The molecule has 18 heteroatoms. The predicted octanol–water partition coefficient (Wildman–Crippen LogP) is -2.21. The SMILES string of the molecule is N=C(N)c1ccc(OCCO/N=C(\C(=O)N[C@@H]2C(=O)N(S(=O)(=O)O)[C@@H]2C(N)=O)c2csc(N)n2)cc1. The molecule has 1 aromatic carbocycles. The van der Waals surface area contributed by atoms with E-state index in [-0.39, 0.29) is 34.2 Å². The maximum atomic E-state index is 12.8. The lowest BCUT2D eigenvalue weighted by atomic mass is 9.98. The third-order valence-corrected chi connectivity index (χ3v) is 6.20. The van der Waals surface area contributed by atoms with E-state index < -0.39 is 45.8 Å². The molecule has 0 spiro atoms. The third-order valence-electron chi connectivity index (χ3n) is 4.62. The molecular weight excluding hydrogens is 520 g/mol. The Balaban J connectivity index is 1.67. The molecule has 1 fully saturated rings. The van der Waals surface area contributed by atoms with Crippen LogP contribution in [0, 0.1) is 5.41 Å². The predicted molar refractivity (Wildman–Crippen MR) is 125 cm³/mol. The normalized spacial score (nSPS) is 17.8. The number of anilines is 1. The first kappa shape index (κ1) is 26.3. The van der Waals surface area contributed by atoms with Crippen LogP contribution in [-0.2, 0) is 29.5 Å². The highest BCUT2D eigenvalue weighted by Crippen LogP contribution is 2.23. The molecule has 0 saturated carbocycles. The minimum Gasteiger partial charge on any atom is -0.490 e. The van der Waals surface area contributed by atoms with Crippen molar-refractivity contribution in [1.29, 1.82) is 5.41 Å². The molecule has 0 aliphatic carbocycles. The number of amidine groups is 1. The molecule has 16 nitrogen and oxygen atoms in total. The van der Waals surface area contributed by atoms with Crippen LogP contribution in [-0.4, -0.2) is 76.8 Å². The summed E-state index contributed by atoms with van der Waals surface area (Å²) in [6, 6.07) is 2.85. The highest BCUT2D eigenvalue weighted by molar-refractivity contribution is 7.84. The van der Waals surface area contributed by atoms with Gasteiger partial charge in [-0.25, -0.2) is 4.98 Å². The van der Waals surface area contributed by atoms with Crippen molar-refractivity contribution in [1.82, 2.24) is 14.6 Å². The van der Waals surface area contributed by atoms with Gasteiger partial charge in [-0.2, -0.15) is 12.7 Å². The van der Waals surface area contributed by atoms with E-state index >= 15 is 0 Å². The van der Waals surface area contributed by atoms with Crippen LogP contribution < -0.4 is 27.3 Å². The van der Waals surface area contributed by atoms with Crippen molar-refractivity contribution in [3.63, 3.8) is 0 Å². The number of ether oxygens (including phenoxy) is 1. The minimum absolute atomic E-state index is 0.00516. The molecule has 36 heavy (non-hydrogen) atoms. The lowest BCUT2D eigenvalue weighted by Crippen LogP contribution is -2.75. The number of nitrogens with two attached hydrogens (primary N) is 3. The zero-order valence-corrected chi connectivity index (χ0v) is 19.8. The molecule has 1 aliphatic heterocycles. The summed E-state index contributed by atoms with van der Waals surface area (Å²) in [6.07, 6.45) is 0. The second-order valence-corrected chi connectivity index (χ2v) is 9.22. The van der Waals surface area contributed by atoms with Crippen LogP contribution in [0.3, 0.4) is 0 Å². The Morgan fingerprint density at radius 2 is 1.92 bits per heavy atom. The zero-order chi connectivity index (χ0) is 26.6. The fourth-order valence-electron chi connectivity index (χ4n) is 2.99. The molecule has 1 aromatic heterocycles. The monoisotopic (exact) mass is 540 g/mol. The summed E-state index contributed by atoms with van der Waals surface area (Å²) in [5.74, 6) is -3.25. The maximum Gasteiger partial charge on any atom is 0.363 e. The summed E-state index contributed by atoms with van der Waals surface area (Å²) in [5, 5.41) is 14.7. The van der Waals surface area contributed by atoms with Gasteiger partial charge in [-0.1, -0.05) is 5.16 Å². The topological polar surface area (TPSA) is 266 Å². The lowest BCUT2D eigenvalue weighted by molar-refractivity contribution is -0.150. The van der Waals surface area contributed by atoms with Gasteiger partial charge in [-0.3, -0.25) is 24.3 Å². The Labute approximate surface area is 207 Å². The number of hydrogen-bond donors (Lipinski definition) is 6. The Kier molecular flexibility index (Phi) is 7.71. The number of rotatable bonds is 11. The van der Waals surface area contributed by atoms with E-state index in [0.717, 1.165) is 11.3 Å². The molecule has 1 saturated heterocycles. The van der Waals surface area contributed by atoms with Gasteiger partial charge in [0.2, 0.25) is 5.91 Å². The molecule has 0 unspecified atom stereocenters. The highest BCUT2D eigenvalue weighted by atomic mass is 32.2. The molecule has 3 amide bonds. The van der Waals surface area contributed by atoms with E-state index in [1.165, 1.54) is 5.38 Å². The van der Waals surface area contributed by atoms with Crippen molar-refractivity contribution in [3.05, 3.63) is 40.9 Å². The van der Waals surface area contributed by atoms with Crippen molar-refractivity contribution in [3.8, 4) is 5.75 Å². The molecule has 2 aromatic rings. The molecule has 3 rings (SSSR count). The van der Waals surface area contributed by atoms with Crippen molar-refractivity contribution >= 4 is 56.0 Å².